The Hall–Kier alpha value is -3.66. The number of aromatic hydroxyl groups is 1. The highest BCUT2D eigenvalue weighted by atomic mass is 16.3. The van der Waals surface area contributed by atoms with Crippen molar-refractivity contribution in [1.29, 1.82) is 0 Å². The van der Waals surface area contributed by atoms with Gasteiger partial charge in [-0.15, -0.1) is 0 Å². The van der Waals surface area contributed by atoms with Crippen molar-refractivity contribution >= 4 is 40.3 Å². The monoisotopic (exact) mass is 562 g/mol. The minimum Gasteiger partial charge on any atom is -0.494 e. The van der Waals surface area contributed by atoms with Crippen LogP contribution in [0.2, 0.25) is 0 Å². The number of anilines is 2. The Balaban J connectivity index is 1.70. The van der Waals surface area contributed by atoms with Crippen molar-refractivity contribution in [3.05, 3.63) is 35.7 Å². The molecule has 0 radical (unpaired) electrons. The number of fused-ring (bicyclic) bond motifs is 2. The normalized spacial score (nSPS) is 16.4. The van der Waals surface area contributed by atoms with Crippen LogP contribution in [0.15, 0.2) is 29.5 Å². The zero-order chi connectivity index (χ0) is 29.2. The van der Waals surface area contributed by atoms with E-state index in [1.54, 1.807) is 6.21 Å². The lowest BCUT2D eigenvalue weighted by Gasteiger charge is -2.28. The van der Waals surface area contributed by atoms with Gasteiger partial charge in [0.2, 0.25) is 5.91 Å². The third-order valence-electron chi connectivity index (χ3n) is 7.60. The highest BCUT2D eigenvalue weighted by molar-refractivity contribution is 6.06. The number of aromatic amines is 1. The van der Waals surface area contributed by atoms with E-state index in [4.69, 9.17) is 4.99 Å². The van der Waals surface area contributed by atoms with Crippen LogP contribution in [0.3, 0.4) is 0 Å². The summed E-state index contributed by atoms with van der Waals surface area (Å²) in [6.45, 7) is 9.54. The molecule has 1 aliphatic heterocycles. The second-order valence-corrected chi connectivity index (χ2v) is 11.0. The topological polar surface area (TPSA) is 113 Å². The number of hydrogen-bond donors (Lipinski definition) is 3. The standard InChI is InChI=1S/C31H46N8O2/c1-5-15-39(16-6-2)26-13-12-24-19-23(26)21-37(3)17-9-7-8-11-27(40)38(4)18-10-14-32-29-28-25(20-33-24)31(41)36-30(28)35-22-34-29/h12-13,19-20,22,41H,5-11,14-18,21H2,1-4H3,(H2,32,34,35,36). The van der Waals surface area contributed by atoms with Crippen molar-refractivity contribution in [3.8, 4) is 5.88 Å². The molecule has 3 N–H and O–H groups in total. The summed E-state index contributed by atoms with van der Waals surface area (Å²) < 4.78 is 0. The molecule has 2 bridgehead atoms. The van der Waals surface area contributed by atoms with Gasteiger partial charge in [-0.2, -0.15) is 0 Å². The van der Waals surface area contributed by atoms with Gasteiger partial charge in [-0.05, 0) is 69.5 Å². The fraction of sp³-hybridized carbons (Fsp3) is 0.548. The van der Waals surface area contributed by atoms with Crippen LogP contribution in [0.1, 0.15) is 69.9 Å². The minimum atomic E-state index is 0.00432. The fourth-order valence-electron chi connectivity index (χ4n) is 5.46. The molecule has 3 heterocycles. The van der Waals surface area contributed by atoms with E-state index in [-0.39, 0.29) is 11.8 Å². The summed E-state index contributed by atoms with van der Waals surface area (Å²) in [6.07, 6.45) is 9.69. The molecule has 10 heteroatoms. The lowest BCUT2D eigenvalue weighted by Crippen LogP contribution is -2.28. The Bertz CT molecular complexity index is 1310. The van der Waals surface area contributed by atoms with E-state index in [2.05, 4.69) is 69.2 Å². The Labute approximate surface area is 243 Å². The molecule has 0 atom stereocenters. The van der Waals surface area contributed by atoms with Crippen molar-refractivity contribution in [2.45, 2.75) is 65.3 Å². The maximum atomic E-state index is 12.6. The predicted molar refractivity (Wildman–Crippen MR) is 168 cm³/mol. The first-order chi connectivity index (χ1) is 19.9. The molecule has 41 heavy (non-hydrogen) atoms. The van der Waals surface area contributed by atoms with Gasteiger partial charge < -0.3 is 30.1 Å². The summed E-state index contributed by atoms with van der Waals surface area (Å²) in [5.74, 6) is 0.820. The largest absolute Gasteiger partial charge is 0.494 e. The maximum absolute atomic E-state index is 12.6. The van der Waals surface area contributed by atoms with Gasteiger partial charge in [0.1, 0.15) is 17.8 Å². The summed E-state index contributed by atoms with van der Waals surface area (Å²) in [4.78, 5) is 35.8. The number of hydrogen-bond acceptors (Lipinski definition) is 8. The van der Waals surface area contributed by atoms with Crippen LogP contribution >= 0.6 is 0 Å². The van der Waals surface area contributed by atoms with Crippen molar-refractivity contribution in [3.63, 3.8) is 0 Å². The van der Waals surface area contributed by atoms with Gasteiger partial charge in [0.15, 0.2) is 5.88 Å². The average molecular weight is 563 g/mol. The number of nitrogens with zero attached hydrogens (tertiary/aromatic N) is 6. The molecule has 1 amide bonds. The first-order valence-corrected chi connectivity index (χ1v) is 15.0. The fourth-order valence-corrected chi connectivity index (χ4v) is 5.46. The Morgan fingerprint density at radius 2 is 1.83 bits per heavy atom. The summed E-state index contributed by atoms with van der Waals surface area (Å²) in [6, 6.07) is 6.40. The average Bonchev–Trinajstić information content (AvgIpc) is 3.28. The number of benzene rings is 1. The molecular weight excluding hydrogens is 516 g/mol. The van der Waals surface area contributed by atoms with Gasteiger partial charge in [-0.3, -0.25) is 9.79 Å². The SMILES string of the molecule is CCCN(CCC)c1ccc2cc1CN(C)CCCCCC(=O)N(C)CCCNc1ncnc3[nH]c(O)c(c13)C=N2. The summed E-state index contributed by atoms with van der Waals surface area (Å²) in [5.41, 5.74) is 4.40. The summed E-state index contributed by atoms with van der Waals surface area (Å²) in [5, 5.41) is 14.8. The zero-order valence-electron chi connectivity index (χ0n) is 25.1. The molecule has 0 aliphatic carbocycles. The number of carbonyl (C=O) groups is 1. The van der Waals surface area contributed by atoms with Gasteiger partial charge >= 0.3 is 0 Å². The van der Waals surface area contributed by atoms with Crippen molar-refractivity contribution in [2.24, 2.45) is 4.99 Å². The van der Waals surface area contributed by atoms with E-state index in [1.807, 2.05) is 11.9 Å². The quantitative estimate of drug-likeness (QED) is 0.386. The Kier molecular flexibility index (Phi) is 11.0. The van der Waals surface area contributed by atoms with Crippen molar-refractivity contribution in [1.82, 2.24) is 24.8 Å². The molecule has 1 aromatic carbocycles. The van der Waals surface area contributed by atoms with E-state index >= 15 is 0 Å². The van der Waals surface area contributed by atoms with Crippen LogP contribution in [0.25, 0.3) is 11.0 Å². The van der Waals surface area contributed by atoms with Crippen LogP contribution in [0.5, 0.6) is 5.88 Å². The number of carbonyl (C=O) groups excluding carboxylic acids is 1. The van der Waals surface area contributed by atoms with Gasteiger partial charge in [-0.25, -0.2) is 9.97 Å². The molecule has 0 spiro atoms. The van der Waals surface area contributed by atoms with Gasteiger partial charge in [0.05, 0.1) is 16.6 Å². The van der Waals surface area contributed by atoms with Gasteiger partial charge in [0.25, 0.3) is 0 Å². The molecule has 10 nitrogen and oxygen atoms in total. The minimum absolute atomic E-state index is 0.00432. The van der Waals surface area contributed by atoms with Gasteiger partial charge in [-0.1, -0.05) is 20.3 Å². The molecular formula is C31H46N8O2. The highest BCUT2D eigenvalue weighted by Crippen LogP contribution is 2.31. The summed E-state index contributed by atoms with van der Waals surface area (Å²) >= 11 is 0. The Morgan fingerprint density at radius 3 is 2.61 bits per heavy atom. The molecule has 3 aromatic rings. The van der Waals surface area contributed by atoms with E-state index in [0.717, 1.165) is 70.4 Å². The zero-order valence-corrected chi connectivity index (χ0v) is 25.1. The summed E-state index contributed by atoms with van der Waals surface area (Å²) in [7, 11) is 4.04. The Morgan fingerprint density at radius 1 is 1.02 bits per heavy atom. The first kappa shape index (κ1) is 30.3. The first-order valence-electron chi connectivity index (χ1n) is 15.0. The second-order valence-electron chi connectivity index (χ2n) is 11.0. The molecule has 2 aromatic heterocycles. The van der Waals surface area contributed by atoms with E-state index < -0.39 is 0 Å². The highest BCUT2D eigenvalue weighted by Gasteiger charge is 2.17. The molecule has 1 aliphatic rings. The molecule has 0 unspecified atom stereocenters. The number of rotatable bonds is 5. The lowest BCUT2D eigenvalue weighted by atomic mass is 10.1. The van der Waals surface area contributed by atoms with Crippen LogP contribution in [-0.4, -0.2) is 88.8 Å². The third kappa shape index (κ3) is 7.97. The maximum Gasteiger partial charge on any atom is 0.222 e. The number of nitrogens with one attached hydrogen (secondary N) is 2. The molecule has 0 saturated heterocycles. The van der Waals surface area contributed by atoms with Crippen LogP contribution in [0, 0.1) is 0 Å². The second kappa shape index (κ2) is 14.8. The van der Waals surface area contributed by atoms with Crippen LogP contribution in [-0.2, 0) is 11.3 Å². The van der Waals surface area contributed by atoms with E-state index in [1.165, 1.54) is 17.6 Å². The molecule has 222 valence electrons. The van der Waals surface area contributed by atoms with Crippen molar-refractivity contribution in [2.75, 3.05) is 57.0 Å². The smallest absolute Gasteiger partial charge is 0.222 e. The van der Waals surface area contributed by atoms with Crippen molar-refractivity contribution < 1.29 is 9.90 Å². The van der Waals surface area contributed by atoms with Gasteiger partial charge in [0, 0.05) is 58.1 Å². The molecule has 0 saturated carbocycles. The molecule has 0 fully saturated rings. The predicted octanol–water partition coefficient (Wildman–Crippen LogP) is 5.31. The number of amides is 1. The third-order valence-corrected chi connectivity index (χ3v) is 7.60. The number of H-pyrrole nitrogens is 1. The lowest BCUT2D eigenvalue weighted by molar-refractivity contribution is -0.130. The van der Waals surface area contributed by atoms with Crippen LogP contribution in [0.4, 0.5) is 17.2 Å². The number of aromatic nitrogens is 3. The van der Waals surface area contributed by atoms with E-state index in [0.29, 0.717) is 41.9 Å². The molecule has 4 rings (SSSR count). The van der Waals surface area contributed by atoms with E-state index in [9.17, 15) is 9.90 Å². The van der Waals surface area contributed by atoms with Crippen LogP contribution < -0.4 is 10.2 Å². The number of aliphatic imine (C=N–C) groups is 1.